The van der Waals surface area contributed by atoms with Crippen molar-refractivity contribution in [3.05, 3.63) is 24.3 Å². The molecule has 0 radical (unpaired) electrons. The molecule has 1 aromatic rings. The van der Waals surface area contributed by atoms with E-state index in [1.807, 2.05) is 31.2 Å². The maximum absolute atomic E-state index is 11.6. The molecule has 1 aliphatic carbocycles. The Morgan fingerprint density at radius 2 is 1.95 bits per heavy atom. The number of benzene rings is 1. The Morgan fingerprint density at radius 1 is 1.20 bits per heavy atom. The number of hydrogen-bond acceptors (Lipinski definition) is 5. The molecule has 0 heterocycles. The van der Waals surface area contributed by atoms with Crippen molar-refractivity contribution in [1.29, 1.82) is 0 Å². The molecule has 2 atom stereocenters. The Kier molecular flexibility index (Phi) is 5.38. The largest absolute Gasteiger partial charge is 0.490 e. The third-order valence-corrected chi connectivity index (χ3v) is 3.07. The Morgan fingerprint density at radius 3 is 2.60 bits per heavy atom. The summed E-state index contributed by atoms with van der Waals surface area (Å²) in [5.74, 6) is 1.40. The molecule has 1 aromatic carbocycles. The molecule has 1 aliphatic rings. The van der Waals surface area contributed by atoms with Crippen LogP contribution in [0.4, 0.5) is 0 Å². The number of ketones is 1. The zero-order valence-electron chi connectivity index (χ0n) is 11.8. The zero-order valence-corrected chi connectivity index (χ0v) is 11.8. The van der Waals surface area contributed by atoms with Crippen LogP contribution in [0.25, 0.3) is 0 Å². The van der Waals surface area contributed by atoms with E-state index in [9.17, 15) is 4.79 Å². The van der Waals surface area contributed by atoms with Crippen LogP contribution in [-0.2, 0) is 14.3 Å². The van der Waals surface area contributed by atoms with E-state index in [0.29, 0.717) is 37.7 Å². The van der Waals surface area contributed by atoms with E-state index < -0.39 is 6.10 Å². The number of methoxy groups -OCH3 is 1. The van der Waals surface area contributed by atoms with E-state index in [0.717, 1.165) is 0 Å². The first-order chi connectivity index (χ1) is 9.76. The smallest absolute Gasteiger partial charge is 0.169 e. The zero-order chi connectivity index (χ0) is 14.4. The van der Waals surface area contributed by atoms with E-state index in [1.54, 1.807) is 7.11 Å². The Balaban J connectivity index is 1.94. The van der Waals surface area contributed by atoms with Crippen molar-refractivity contribution in [2.45, 2.75) is 25.6 Å². The van der Waals surface area contributed by atoms with Crippen molar-refractivity contribution in [3.63, 3.8) is 0 Å². The highest BCUT2D eigenvalue weighted by Crippen LogP contribution is 2.32. The summed E-state index contributed by atoms with van der Waals surface area (Å²) in [7, 11) is 1.60. The van der Waals surface area contributed by atoms with Gasteiger partial charge in [-0.05, 0) is 19.1 Å². The molecule has 1 fully saturated rings. The maximum Gasteiger partial charge on any atom is 0.169 e. The van der Waals surface area contributed by atoms with Gasteiger partial charge in [0.15, 0.2) is 23.4 Å². The van der Waals surface area contributed by atoms with Gasteiger partial charge >= 0.3 is 0 Å². The van der Waals surface area contributed by atoms with Gasteiger partial charge in [0.1, 0.15) is 6.10 Å². The minimum Gasteiger partial charge on any atom is -0.490 e. The van der Waals surface area contributed by atoms with Gasteiger partial charge in [0.25, 0.3) is 0 Å². The van der Waals surface area contributed by atoms with Crippen LogP contribution in [-0.4, -0.2) is 44.9 Å². The van der Waals surface area contributed by atoms with Crippen LogP contribution >= 0.6 is 0 Å². The van der Waals surface area contributed by atoms with Crippen molar-refractivity contribution in [2.75, 3.05) is 26.9 Å². The van der Waals surface area contributed by atoms with Crippen molar-refractivity contribution < 1.29 is 23.7 Å². The molecule has 5 heteroatoms. The molecule has 20 heavy (non-hydrogen) atoms. The molecule has 0 spiro atoms. The van der Waals surface area contributed by atoms with E-state index in [4.69, 9.17) is 18.9 Å². The SMILES string of the molecule is CCOc1ccccc1OC1CC(=O)C1OCCOC. The van der Waals surface area contributed by atoms with Crippen LogP contribution in [0, 0.1) is 0 Å². The van der Waals surface area contributed by atoms with Crippen molar-refractivity contribution >= 4 is 5.78 Å². The summed E-state index contributed by atoms with van der Waals surface area (Å²) < 4.78 is 21.7. The molecule has 1 saturated carbocycles. The molecule has 0 aliphatic heterocycles. The van der Waals surface area contributed by atoms with E-state index in [-0.39, 0.29) is 11.9 Å². The monoisotopic (exact) mass is 280 g/mol. The van der Waals surface area contributed by atoms with Gasteiger partial charge in [-0.2, -0.15) is 0 Å². The number of rotatable bonds is 8. The topological polar surface area (TPSA) is 54.0 Å². The van der Waals surface area contributed by atoms with Gasteiger partial charge in [-0.25, -0.2) is 0 Å². The minimum atomic E-state index is -0.500. The Hall–Kier alpha value is -1.59. The molecule has 0 aromatic heterocycles. The van der Waals surface area contributed by atoms with Crippen LogP contribution in [0.15, 0.2) is 24.3 Å². The van der Waals surface area contributed by atoms with E-state index in [1.165, 1.54) is 0 Å². The summed E-state index contributed by atoms with van der Waals surface area (Å²) in [5.41, 5.74) is 0. The average molecular weight is 280 g/mol. The summed E-state index contributed by atoms with van der Waals surface area (Å²) >= 11 is 0. The van der Waals surface area contributed by atoms with Gasteiger partial charge in [0, 0.05) is 13.5 Å². The lowest BCUT2D eigenvalue weighted by Crippen LogP contribution is -2.52. The van der Waals surface area contributed by atoms with Gasteiger partial charge < -0.3 is 18.9 Å². The highest BCUT2D eigenvalue weighted by Gasteiger charge is 2.43. The van der Waals surface area contributed by atoms with Gasteiger partial charge in [-0.3, -0.25) is 4.79 Å². The molecule has 0 saturated heterocycles. The molecule has 0 N–H and O–H groups in total. The van der Waals surface area contributed by atoms with E-state index >= 15 is 0 Å². The van der Waals surface area contributed by atoms with Crippen LogP contribution in [0.3, 0.4) is 0 Å². The fourth-order valence-electron chi connectivity index (χ4n) is 2.02. The summed E-state index contributed by atoms with van der Waals surface area (Å²) in [6.45, 7) is 3.34. The Bertz CT molecular complexity index is 446. The highest BCUT2D eigenvalue weighted by atomic mass is 16.6. The lowest BCUT2D eigenvalue weighted by molar-refractivity contribution is -0.156. The van der Waals surface area contributed by atoms with Gasteiger partial charge in [-0.1, -0.05) is 12.1 Å². The van der Waals surface area contributed by atoms with Crippen LogP contribution < -0.4 is 9.47 Å². The molecule has 2 unspecified atom stereocenters. The number of carbonyl (C=O) groups excluding carboxylic acids is 1. The lowest BCUT2D eigenvalue weighted by atomic mass is 9.90. The number of Topliss-reactive ketones (excluding diaryl/α,β-unsaturated/α-hetero) is 1. The second kappa shape index (κ2) is 7.26. The van der Waals surface area contributed by atoms with Crippen LogP contribution in [0.1, 0.15) is 13.3 Å². The fourth-order valence-corrected chi connectivity index (χ4v) is 2.02. The first-order valence-electron chi connectivity index (χ1n) is 6.78. The summed E-state index contributed by atoms with van der Waals surface area (Å²) in [4.78, 5) is 11.6. The van der Waals surface area contributed by atoms with Crippen molar-refractivity contribution in [1.82, 2.24) is 0 Å². The average Bonchev–Trinajstić information content (AvgIpc) is 2.45. The molecule has 0 amide bonds. The maximum atomic E-state index is 11.6. The molecule has 2 rings (SSSR count). The molecular weight excluding hydrogens is 260 g/mol. The van der Waals surface area contributed by atoms with Crippen molar-refractivity contribution in [2.24, 2.45) is 0 Å². The second-order valence-electron chi connectivity index (χ2n) is 4.49. The molecule has 5 nitrogen and oxygen atoms in total. The van der Waals surface area contributed by atoms with E-state index in [2.05, 4.69) is 0 Å². The molecule has 0 bridgehead atoms. The minimum absolute atomic E-state index is 0.0694. The van der Waals surface area contributed by atoms with Crippen LogP contribution in [0.2, 0.25) is 0 Å². The lowest BCUT2D eigenvalue weighted by Gasteiger charge is -2.34. The first kappa shape index (κ1) is 14.8. The third kappa shape index (κ3) is 3.49. The fraction of sp³-hybridized carbons (Fsp3) is 0.533. The number of carbonyl (C=O) groups is 1. The number of para-hydroxylation sites is 2. The predicted octanol–water partition coefficient (Wildman–Crippen LogP) is 1.84. The van der Waals surface area contributed by atoms with Gasteiger partial charge in [0.05, 0.1) is 19.8 Å². The third-order valence-electron chi connectivity index (χ3n) is 3.07. The Labute approximate surface area is 118 Å². The standard InChI is InChI=1S/C15H20O5/c1-3-18-12-6-4-5-7-13(12)20-14-10-11(16)15(14)19-9-8-17-2/h4-7,14-15H,3,8-10H2,1-2H3. The summed E-state index contributed by atoms with van der Waals surface area (Å²) in [6.07, 6.45) is -0.376. The van der Waals surface area contributed by atoms with Crippen LogP contribution in [0.5, 0.6) is 11.5 Å². The number of ether oxygens (including phenoxy) is 4. The van der Waals surface area contributed by atoms with Gasteiger partial charge in [-0.15, -0.1) is 0 Å². The highest BCUT2D eigenvalue weighted by molar-refractivity contribution is 5.90. The normalized spacial score (nSPS) is 21.4. The molecule has 110 valence electrons. The van der Waals surface area contributed by atoms with Gasteiger partial charge in [0.2, 0.25) is 0 Å². The second-order valence-corrected chi connectivity index (χ2v) is 4.49. The summed E-state index contributed by atoms with van der Waals surface area (Å²) in [5, 5.41) is 0. The van der Waals surface area contributed by atoms with Crippen molar-refractivity contribution in [3.8, 4) is 11.5 Å². The number of hydrogen-bond donors (Lipinski definition) is 0. The molecular formula is C15H20O5. The quantitative estimate of drug-likeness (QED) is 0.680. The first-order valence-corrected chi connectivity index (χ1v) is 6.78. The predicted molar refractivity (Wildman–Crippen MR) is 73.3 cm³/mol. The summed E-state index contributed by atoms with van der Waals surface area (Å²) in [6, 6.07) is 7.44.